The minimum Gasteiger partial charge on any atom is -0.379 e. The van der Waals surface area contributed by atoms with Gasteiger partial charge in [-0.2, -0.15) is 5.10 Å². The third-order valence-electron chi connectivity index (χ3n) is 4.92. The van der Waals surface area contributed by atoms with Crippen LogP contribution in [0.15, 0.2) is 16.7 Å². The molecule has 2 fully saturated rings. The lowest BCUT2D eigenvalue weighted by atomic mass is 10.1. The Bertz CT molecular complexity index is 829. The van der Waals surface area contributed by atoms with Gasteiger partial charge in [0.05, 0.1) is 30.5 Å². The normalized spacial score (nSPS) is 21.8. The molecule has 1 aliphatic carbocycles. The highest BCUT2D eigenvalue weighted by Crippen LogP contribution is 2.33. The highest BCUT2D eigenvalue weighted by Gasteiger charge is 2.36. The van der Waals surface area contributed by atoms with Crippen molar-refractivity contribution in [1.29, 1.82) is 0 Å². The Hall–Kier alpha value is -2.72. The maximum atomic E-state index is 11.9. The van der Waals surface area contributed by atoms with Gasteiger partial charge in [-0.15, -0.1) is 0 Å². The number of carbonyl (C=O) groups excluding carboxylic acids is 2. The molecule has 29 heavy (non-hydrogen) atoms. The molecule has 10 heteroatoms. The number of carbonyl (C=O) groups is 2. The fourth-order valence-corrected chi connectivity index (χ4v) is 2.86. The summed E-state index contributed by atoms with van der Waals surface area (Å²) in [5.74, 6) is 0.768. The van der Waals surface area contributed by atoms with Gasteiger partial charge in [-0.25, -0.2) is 0 Å². The maximum Gasteiger partial charge on any atom is 0.233 e. The summed E-state index contributed by atoms with van der Waals surface area (Å²) in [5.41, 5.74) is 1.75. The Balaban J connectivity index is 0.000000290. The second kappa shape index (κ2) is 9.19. The van der Waals surface area contributed by atoms with E-state index in [0.717, 1.165) is 37.1 Å². The average molecular weight is 405 g/mol. The Labute approximate surface area is 168 Å². The number of nitrogens with one attached hydrogen (secondary N) is 3. The largest absolute Gasteiger partial charge is 0.379 e. The van der Waals surface area contributed by atoms with Crippen LogP contribution in [-0.4, -0.2) is 53.0 Å². The molecule has 1 saturated carbocycles. The first-order valence-electron chi connectivity index (χ1n) is 9.54. The van der Waals surface area contributed by atoms with Gasteiger partial charge in [-0.1, -0.05) is 5.16 Å². The number of methoxy groups -OCH3 is 1. The molecule has 0 bridgehead atoms. The van der Waals surface area contributed by atoms with Crippen molar-refractivity contribution in [2.45, 2.75) is 57.3 Å². The van der Waals surface area contributed by atoms with E-state index in [4.69, 9.17) is 14.0 Å². The van der Waals surface area contributed by atoms with Gasteiger partial charge in [-0.05, 0) is 26.7 Å². The van der Waals surface area contributed by atoms with E-state index >= 15 is 0 Å². The van der Waals surface area contributed by atoms with Gasteiger partial charge < -0.3 is 24.6 Å². The average Bonchev–Trinajstić information content (AvgIpc) is 3.10. The van der Waals surface area contributed by atoms with Gasteiger partial charge in [0, 0.05) is 31.2 Å². The summed E-state index contributed by atoms with van der Waals surface area (Å²) < 4.78 is 15.9. The predicted molar refractivity (Wildman–Crippen MR) is 103 cm³/mol. The Morgan fingerprint density at radius 3 is 2.79 bits per heavy atom. The molecule has 4 rings (SSSR count). The zero-order valence-corrected chi connectivity index (χ0v) is 16.9. The molecule has 0 radical (unpaired) electrons. The highest BCUT2D eigenvalue weighted by atomic mass is 16.5. The summed E-state index contributed by atoms with van der Waals surface area (Å²) in [5, 5.41) is 16.1. The standard InChI is InChI=1S/C14H18N4O4.C5H9NO/c1-8-3-9(22-18-8)5-14(19)15-13-6-11(16-17-13)12-4-10(20-2)7-21-12;1-5(2-3-5)6-4-7/h3,6,10,12H,4-5,7H2,1-2H3,(H2,15,16,17,19);4H,2-3H2,1H3,(H,6,7). The molecule has 1 aliphatic heterocycles. The van der Waals surface area contributed by atoms with Gasteiger partial charge >= 0.3 is 0 Å². The smallest absolute Gasteiger partial charge is 0.233 e. The topological polar surface area (TPSA) is 131 Å². The van der Waals surface area contributed by atoms with Gasteiger partial charge in [0.25, 0.3) is 0 Å². The fraction of sp³-hybridized carbons (Fsp3) is 0.579. The first-order valence-corrected chi connectivity index (χ1v) is 9.54. The fourth-order valence-electron chi connectivity index (χ4n) is 2.86. The monoisotopic (exact) mass is 405 g/mol. The lowest BCUT2D eigenvalue weighted by molar-refractivity contribution is -0.116. The summed E-state index contributed by atoms with van der Waals surface area (Å²) in [7, 11) is 1.67. The summed E-state index contributed by atoms with van der Waals surface area (Å²) >= 11 is 0. The van der Waals surface area contributed by atoms with Crippen molar-refractivity contribution in [1.82, 2.24) is 20.7 Å². The van der Waals surface area contributed by atoms with Gasteiger partial charge in [-0.3, -0.25) is 14.7 Å². The molecule has 2 aliphatic rings. The van der Waals surface area contributed by atoms with Crippen LogP contribution in [0.1, 0.15) is 49.4 Å². The molecule has 10 nitrogen and oxygen atoms in total. The minimum absolute atomic E-state index is 0.0833. The van der Waals surface area contributed by atoms with Crippen molar-refractivity contribution in [3.8, 4) is 0 Å². The van der Waals surface area contributed by atoms with E-state index < -0.39 is 0 Å². The van der Waals surface area contributed by atoms with Crippen molar-refractivity contribution < 1.29 is 23.6 Å². The molecule has 158 valence electrons. The third kappa shape index (κ3) is 6.13. The van der Waals surface area contributed by atoms with Crippen molar-refractivity contribution in [2.24, 2.45) is 0 Å². The Kier molecular flexibility index (Phi) is 6.65. The first kappa shape index (κ1) is 21.0. The van der Waals surface area contributed by atoms with Crippen LogP contribution in [-0.2, 0) is 25.5 Å². The van der Waals surface area contributed by atoms with E-state index in [-0.39, 0.29) is 30.1 Å². The molecule has 2 unspecified atom stereocenters. The summed E-state index contributed by atoms with van der Waals surface area (Å²) in [6.07, 6.45) is 3.96. The van der Waals surface area contributed by atoms with Crippen LogP contribution in [0.5, 0.6) is 0 Å². The molecule has 2 amide bonds. The van der Waals surface area contributed by atoms with E-state index in [0.29, 0.717) is 18.2 Å². The number of H-pyrrole nitrogens is 1. The second-order valence-electron chi connectivity index (χ2n) is 7.61. The summed E-state index contributed by atoms with van der Waals surface area (Å²) in [4.78, 5) is 21.7. The van der Waals surface area contributed by atoms with E-state index in [2.05, 4.69) is 26.0 Å². The van der Waals surface area contributed by atoms with E-state index in [9.17, 15) is 9.59 Å². The molecule has 1 saturated heterocycles. The maximum absolute atomic E-state index is 11.9. The first-order chi connectivity index (χ1) is 13.9. The van der Waals surface area contributed by atoms with Crippen LogP contribution < -0.4 is 10.6 Å². The summed E-state index contributed by atoms with van der Waals surface area (Å²) in [6.45, 7) is 4.41. The quantitative estimate of drug-likeness (QED) is 0.597. The number of nitrogens with zero attached hydrogens (tertiary/aromatic N) is 2. The van der Waals surface area contributed by atoms with Crippen molar-refractivity contribution in [3.63, 3.8) is 0 Å². The lowest BCUT2D eigenvalue weighted by Gasteiger charge is -2.05. The Morgan fingerprint density at radius 2 is 2.24 bits per heavy atom. The Morgan fingerprint density at radius 1 is 1.45 bits per heavy atom. The van der Waals surface area contributed by atoms with E-state index in [1.54, 1.807) is 26.2 Å². The van der Waals surface area contributed by atoms with Crippen molar-refractivity contribution in [2.75, 3.05) is 19.0 Å². The van der Waals surface area contributed by atoms with Crippen LogP contribution in [0.2, 0.25) is 0 Å². The van der Waals surface area contributed by atoms with Crippen LogP contribution in [0.25, 0.3) is 0 Å². The van der Waals surface area contributed by atoms with Gasteiger partial charge in [0.15, 0.2) is 5.82 Å². The number of aromatic nitrogens is 3. The molecular formula is C19H27N5O5. The van der Waals surface area contributed by atoms with Gasteiger partial charge in [0.2, 0.25) is 12.3 Å². The van der Waals surface area contributed by atoms with Gasteiger partial charge in [0.1, 0.15) is 11.9 Å². The van der Waals surface area contributed by atoms with E-state index in [1.807, 2.05) is 6.92 Å². The number of rotatable bonds is 7. The van der Waals surface area contributed by atoms with Crippen molar-refractivity contribution >= 4 is 18.1 Å². The molecule has 2 aromatic rings. The van der Waals surface area contributed by atoms with Crippen LogP contribution in [0, 0.1) is 6.92 Å². The minimum atomic E-state index is -0.212. The molecule has 0 aromatic carbocycles. The zero-order chi connectivity index (χ0) is 20.9. The number of aryl methyl sites for hydroxylation is 1. The second-order valence-corrected chi connectivity index (χ2v) is 7.61. The molecule has 2 atom stereocenters. The zero-order valence-electron chi connectivity index (χ0n) is 16.9. The highest BCUT2D eigenvalue weighted by molar-refractivity contribution is 5.91. The number of aromatic amines is 1. The summed E-state index contributed by atoms with van der Waals surface area (Å²) in [6, 6.07) is 3.50. The molecule has 3 N–H and O–H groups in total. The van der Waals surface area contributed by atoms with E-state index in [1.165, 1.54) is 0 Å². The molecule has 2 aromatic heterocycles. The SMILES string of the molecule is CC1(NC=O)CC1.COC1COC(c2cc(NC(=O)Cc3cc(C)no3)n[nH]2)C1. The molecule has 0 spiro atoms. The van der Waals surface area contributed by atoms with Crippen LogP contribution >= 0.6 is 0 Å². The van der Waals surface area contributed by atoms with Crippen LogP contribution in [0.3, 0.4) is 0 Å². The number of hydrogen-bond acceptors (Lipinski definition) is 7. The van der Waals surface area contributed by atoms with Crippen LogP contribution in [0.4, 0.5) is 5.82 Å². The predicted octanol–water partition coefficient (Wildman–Crippen LogP) is 1.65. The number of amides is 2. The van der Waals surface area contributed by atoms with Crippen molar-refractivity contribution in [3.05, 3.63) is 29.3 Å². The lowest BCUT2D eigenvalue weighted by Crippen LogP contribution is -2.25. The number of hydrogen-bond donors (Lipinski definition) is 3. The molecular weight excluding hydrogens is 378 g/mol. The number of anilines is 1. The number of ether oxygens (including phenoxy) is 2. The molecule has 3 heterocycles. The third-order valence-corrected chi connectivity index (χ3v) is 4.92.